The Morgan fingerprint density at radius 3 is 2.86 bits per heavy atom. The molecule has 0 amide bonds. The van der Waals surface area contributed by atoms with Crippen LogP contribution >= 0.6 is 11.8 Å². The van der Waals surface area contributed by atoms with Crippen molar-refractivity contribution in [1.82, 2.24) is 14.8 Å². The van der Waals surface area contributed by atoms with E-state index in [1.165, 1.54) is 11.8 Å². The summed E-state index contributed by atoms with van der Waals surface area (Å²) < 4.78 is 1.66. The van der Waals surface area contributed by atoms with Crippen LogP contribution < -0.4 is 5.73 Å². The molecule has 3 N–H and O–H groups in total. The first-order chi connectivity index (χ1) is 6.72. The average molecular weight is 214 g/mol. The Bertz CT molecular complexity index is 327. The molecule has 1 heterocycles. The highest BCUT2D eigenvalue weighted by molar-refractivity contribution is 7.98. The van der Waals surface area contributed by atoms with Gasteiger partial charge in [0.05, 0.1) is 12.1 Å². The van der Waals surface area contributed by atoms with Gasteiger partial charge in [-0.15, -0.1) is 5.10 Å². The number of hydrogen-bond acceptors (Lipinski definition) is 5. The van der Waals surface area contributed by atoms with Gasteiger partial charge in [0.2, 0.25) is 11.1 Å². The fourth-order valence-electron chi connectivity index (χ4n) is 1.85. The molecule has 14 heavy (non-hydrogen) atoms. The smallest absolute Gasteiger partial charge is 0.219 e. The molecular formula is C8H14N4OS. The molecule has 2 rings (SSSR count). The number of nitrogen functional groups attached to an aromatic ring is 1. The predicted molar refractivity (Wildman–Crippen MR) is 55.1 cm³/mol. The van der Waals surface area contributed by atoms with E-state index >= 15 is 0 Å². The second-order valence-corrected chi connectivity index (χ2v) is 4.24. The van der Waals surface area contributed by atoms with Crippen LogP contribution in [-0.2, 0) is 0 Å². The van der Waals surface area contributed by atoms with Crippen molar-refractivity contribution < 1.29 is 5.11 Å². The molecule has 5 nitrogen and oxygen atoms in total. The van der Waals surface area contributed by atoms with Crippen molar-refractivity contribution in [3.05, 3.63) is 0 Å². The molecule has 1 aliphatic rings. The van der Waals surface area contributed by atoms with Gasteiger partial charge in [0.15, 0.2) is 0 Å². The lowest BCUT2D eigenvalue weighted by molar-refractivity contribution is 0.130. The molecule has 1 fully saturated rings. The summed E-state index contributed by atoms with van der Waals surface area (Å²) in [6.07, 6.45) is 4.37. The minimum Gasteiger partial charge on any atom is -0.391 e. The zero-order chi connectivity index (χ0) is 10.1. The van der Waals surface area contributed by atoms with Crippen molar-refractivity contribution in [3.63, 3.8) is 0 Å². The van der Waals surface area contributed by atoms with Gasteiger partial charge in [0, 0.05) is 0 Å². The van der Waals surface area contributed by atoms with E-state index in [1.807, 2.05) is 6.26 Å². The van der Waals surface area contributed by atoms with E-state index in [0.29, 0.717) is 11.1 Å². The maximum absolute atomic E-state index is 9.70. The molecule has 0 saturated heterocycles. The van der Waals surface area contributed by atoms with Crippen molar-refractivity contribution in [2.24, 2.45) is 0 Å². The maximum atomic E-state index is 9.70. The summed E-state index contributed by atoms with van der Waals surface area (Å²) in [5.41, 5.74) is 5.72. The van der Waals surface area contributed by atoms with Crippen LogP contribution in [0.25, 0.3) is 0 Å². The van der Waals surface area contributed by atoms with Gasteiger partial charge in [0.1, 0.15) is 0 Å². The number of anilines is 1. The highest BCUT2D eigenvalue weighted by Gasteiger charge is 2.29. The Morgan fingerprint density at radius 2 is 2.36 bits per heavy atom. The number of thioether (sulfide) groups is 1. The summed E-state index contributed by atoms with van der Waals surface area (Å²) >= 11 is 1.46. The molecule has 1 aromatic rings. The number of nitrogens with two attached hydrogens (primary N) is 1. The van der Waals surface area contributed by atoms with E-state index in [2.05, 4.69) is 10.1 Å². The van der Waals surface area contributed by atoms with Gasteiger partial charge in [-0.05, 0) is 25.5 Å². The number of rotatable bonds is 2. The van der Waals surface area contributed by atoms with Gasteiger partial charge in [0.25, 0.3) is 0 Å². The van der Waals surface area contributed by atoms with Gasteiger partial charge in [-0.3, -0.25) is 0 Å². The summed E-state index contributed by atoms with van der Waals surface area (Å²) in [6.45, 7) is 0. The number of hydrogen-bond donors (Lipinski definition) is 2. The third-order valence-corrected chi connectivity index (χ3v) is 3.12. The third-order valence-electron chi connectivity index (χ3n) is 2.58. The van der Waals surface area contributed by atoms with Crippen LogP contribution in [0.5, 0.6) is 0 Å². The predicted octanol–water partition coefficient (Wildman–Crippen LogP) is 0.668. The van der Waals surface area contributed by atoms with E-state index in [1.54, 1.807) is 4.68 Å². The molecule has 0 bridgehead atoms. The minimum atomic E-state index is -0.325. The van der Waals surface area contributed by atoms with Crippen LogP contribution in [-0.4, -0.2) is 32.2 Å². The molecular weight excluding hydrogens is 200 g/mol. The molecule has 0 aliphatic heterocycles. The van der Waals surface area contributed by atoms with E-state index in [0.717, 1.165) is 19.3 Å². The van der Waals surface area contributed by atoms with E-state index in [9.17, 15) is 5.11 Å². The topological polar surface area (TPSA) is 77.0 Å². The Labute approximate surface area is 86.7 Å². The Kier molecular flexibility index (Phi) is 2.64. The maximum Gasteiger partial charge on any atom is 0.219 e. The van der Waals surface area contributed by atoms with Gasteiger partial charge < -0.3 is 10.8 Å². The second kappa shape index (κ2) is 3.78. The van der Waals surface area contributed by atoms with Crippen molar-refractivity contribution >= 4 is 17.7 Å². The third kappa shape index (κ3) is 1.59. The van der Waals surface area contributed by atoms with Crippen LogP contribution in [0.15, 0.2) is 5.16 Å². The first kappa shape index (κ1) is 9.79. The standard InChI is InChI=1S/C8H14N4OS/c1-14-8-10-7(9)12(11-8)5-3-2-4-6(5)13/h5-6,13H,2-4H2,1H3,(H2,9,10,11). The van der Waals surface area contributed by atoms with Crippen LogP contribution in [0.4, 0.5) is 5.95 Å². The van der Waals surface area contributed by atoms with Gasteiger partial charge >= 0.3 is 0 Å². The molecule has 0 radical (unpaired) electrons. The first-order valence-electron chi connectivity index (χ1n) is 4.66. The SMILES string of the molecule is CSc1nc(N)n(C2CCCC2O)n1. The summed E-state index contributed by atoms with van der Waals surface area (Å²) in [5, 5.41) is 14.6. The van der Waals surface area contributed by atoms with Crippen LogP contribution in [0.2, 0.25) is 0 Å². The van der Waals surface area contributed by atoms with Gasteiger partial charge in [-0.1, -0.05) is 11.8 Å². The Morgan fingerprint density at radius 1 is 1.57 bits per heavy atom. The zero-order valence-electron chi connectivity index (χ0n) is 8.05. The van der Waals surface area contributed by atoms with Crippen molar-refractivity contribution in [2.75, 3.05) is 12.0 Å². The molecule has 0 spiro atoms. The first-order valence-corrected chi connectivity index (χ1v) is 5.89. The largest absolute Gasteiger partial charge is 0.391 e. The van der Waals surface area contributed by atoms with Crippen LogP contribution in [0.3, 0.4) is 0 Å². The highest BCUT2D eigenvalue weighted by atomic mass is 32.2. The Hall–Kier alpha value is -0.750. The van der Waals surface area contributed by atoms with Gasteiger partial charge in [-0.25, -0.2) is 4.68 Å². The fraction of sp³-hybridized carbons (Fsp3) is 0.750. The summed E-state index contributed by atoms with van der Waals surface area (Å²) in [6, 6.07) is 0.0170. The van der Waals surface area contributed by atoms with E-state index < -0.39 is 0 Å². The normalized spacial score (nSPS) is 27.0. The highest BCUT2D eigenvalue weighted by Crippen LogP contribution is 2.31. The second-order valence-electron chi connectivity index (χ2n) is 3.47. The van der Waals surface area contributed by atoms with Crippen molar-refractivity contribution in [3.8, 4) is 0 Å². The molecule has 0 aromatic carbocycles. The summed E-state index contributed by atoms with van der Waals surface area (Å²) in [4.78, 5) is 4.09. The lowest BCUT2D eigenvalue weighted by Crippen LogP contribution is -2.20. The molecule has 2 unspecified atom stereocenters. The molecule has 1 aliphatic carbocycles. The number of aliphatic hydroxyl groups excluding tert-OH is 1. The quantitative estimate of drug-likeness (QED) is 0.707. The Balaban J connectivity index is 2.26. The fourth-order valence-corrected chi connectivity index (χ4v) is 2.21. The van der Waals surface area contributed by atoms with Crippen molar-refractivity contribution in [2.45, 2.75) is 36.6 Å². The molecule has 1 aromatic heterocycles. The monoisotopic (exact) mass is 214 g/mol. The number of aliphatic hydroxyl groups is 1. The van der Waals surface area contributed by atoms with Crippen LogP contribution in [0, 0.1) is 0 Å². The van der Waals surface area contributed by atoms with E-state index in [-0.39, 0.29) is 12.1 Å². The minimum absolute atomic E-state index is 0.0170. The number of nitrogens with zero attached hydrogens (tertiary/aromatic N) is 3. The molecule has 2 atom stereocenters. The average Bonchev–Trinajstić information content (AvgIpc) is 2.72. The molecule has 1 saturated carbocycles. The van der Waals surface area contributed by atoms with E-state index in [4.69, 9.17) is 5.73 Å². The summed E-state index contributed by atoms with van der Waals surface area (Å²) in [5.74, 6) is 0.403. The zero-order valence-corrected chi connectivity index (χ0v) is 8.87. The van der Waals surface area contributed by atoms with Gasteiger partial charge in [-0.2, -0.15) is 4.98 Å². The lowest BCUT2D eigenvalue weighted by atomic mass is 10.2. The van der Waals surface area contributed by atoms with Crippen molar-refractivity contribution in [1.29, 1.82) is 0 Å². The lowest BCUT2D eigenvalue weighted by Gasteiger charge is -2.14. The van der Waals surface area contributed by atoms with Crippen LogP contribution in [0.1, 0.15) is 25.3 Å². The molecule has 78 valence electrons. The molecule has 6 heteroatoms. The number of aromatic nitrogens is 3. The summed E-state index contributed by atoms with van der Waals surface area (Å²) in [7, 11) is 0.